The van der Waals surface area contributed by atoms with Crippen molar-refractivity contribution in [3.05, 3.63) is 6.92 Å². The van der Waals surface area contributed by atoms with Crippen LogP contribution in [-0.2, 0) is 4.79 Å². The van der Waals surface area contributed by atoms with Gasteiger partial charge in [0.15, 0.2) is 0 Å². The fraction of sp³-hybridized carbons (Fsp3) is 0.750. The normalized spacial score (nSPS) is 8.90. The lowest BCUT2D eigenvalue weighted by Gasteiger charge is -1.93. The van der Waals surface area contributed by atoms with E-state index in [0.717, 1.165) is 19.3 Å². The van der Waals surface area contributed by atoms with Gasteiger partial charge in [-0.25, -0.2) is 9.79 Å². The second kappa shape index (κ2) is 8.38. The number of hydrogen-bond donors (Lipinski definition) is 0. The van der Waals surface area contributed by atoms with Crippen molar-refractivity contribution >= 4 is 6.08 Å². The van der Waals surface area contributed by atoms with Gasteiger partial charge in [-0.15, -0.1) is 0 Å². The van der Waals surface area contributed by atoms with Crippen molar-refractivity contribution in [2.75, 3.05) is 6.54 Å². The van der Waals surface area contributed by atoms with Crippen molar-refractivity contribution in [1.82, 2.24) is 0 Å². The van der Waals surface area contributed by atoms with Crippen LogP contribution in [0.4, 0.5) is 0 Å². The van der Waals surface area contributed by atoms with Crippen LogP contribution in [0.3, 0.4) is 0 Å². The zero-order valence-corrected chi connectivity index (χ0v) is 6.31. The molecule has 0 aromatic carbocycles. The molecule has 1 radical (unpaired) electrons. The van der Waals surface area contributed by atoms with E-state index in [2.05, 4.69) is 11.9 Å². The Morgan fingerprint density at radius 2 is 1.90 bits per heavy atom. The molecule has 0 bridgehead atoms. The summed E-state index contributed by atoms with van der Waals surface area (Å²) in [6, 6.07) is 0. The Hall–Kier alpha value is -0.620. The first-order chi connectivity index (χ1) is 4.91. The van der Waals surface area contributed by atoms with Crippen LogP contribution in [0, 0.1) is 6.92 Å². The molecule has 0 aromatic rings. The monoisotopic (exact) mass is 140 g/mol. The SMILES string of the molecule is [CH2]CCCCCCN=C=O. The summed E-state index contributed by atoms with van der Waals surface area (Å²) in [5, 5.41) is 0. The molecule has 0 aliphatic rings. The maximum Gasteiger partial charge on any atom is 0.234 e. The predicted octanol–water partition coefficient (Wildman–Crippen LogP) is 2.11. The molecule has 0 saturated carbocycles. The van der Waals surface area contributed by atoms with Crippen LogP contribution < -0.4 is 0 Å². The number of unbranched alkanes of at least 4 members (excludes halogenated alkanes) is 4. The van der Waals surface area contributed by atoms with Crippen molar-refractivity contribution < 1.29 is 4.79 Å². The van der Waals surface area contributed by atoms with Gasteiger partial charge >= 0.3 is 0 Å². The number of carbonyl (C=O) groups excluding carboxylic acids is 1. The molecular weight excluding hydrogens is 126 g/mol. The third-order valence-corrected chi connectivity index (χ3v) is 1.33. The van der Waals surface area contributed by atoms with Crippen LogP contribution >= 0.6 is 0 Å². The Kier molecular flexibility index (Phi) is 7.86. The third-order valence-electron chi connectivity index (χ3n) is 1.33. The van der Waals surface area contributed by atoms with Gasteiger partial charge in [-0.2, -0.15) is 0 Å². The Morgan fingerprint density at radius 1 is 1.20 bits per heavy atom. The highest BCUT2D eigenvalue weighted by molar-refractivity contribution is 5.32. The van der Waals surface area contributed by atoms with Gasteiger partial charge in [-0.3, -0.25) is 0 Å². The van der Waals surface area contributed by atoms with E-state index in [1.165, 1.54) is 18.9 Å². The molecule has 57 valence electrons. The first-order valence-corrected chi connectivity index (χ1v) is 3.74. The summed E-state index contributed by atoms with van der Waals surface area (Å²) in [4.78, 5) is 13.0. The smallest absolute Gasteiger partial charge is 0.211 e. The highest BCUT2D eigenvalue weighted by Gasteiger charge is 1.85. The Morgan fingerprint density at radius 3 is 2.50 bits per heavy atom. The molecule has 0 aromatic heterocycles. The molecule has 0 fully saturated rings. The highest BCUT2D eigenvalue weighted by atomic mass is 16.1. The first kappa shape index (κ1) is 9.38. The van der Waals surface area contributed by atoms with Crippen molar-refractivity contribution in [2.45, 2.75) is 32.1 Å². The van der Waals surface area contributed by atoms with E-state index in [4.69, 9.17) is 0 Å². The molecule has 2 heteroatoms. The average Bonchev–Trinajstić information content (AvgIpc) is 1.97. The fourth-order valence-electron chi connectivity index (χ4n) is 0.767. The van der Waals surface area contributed by atoms with E-state index < -0.39 is 0 Å². The summed E-state index contributed by atoms with van der Waals surface area (Å²) < 4.78 is 0. The van der Waals surface area contributed by atoms with Gasteiger partial charge in [0.1, 0.15) is 0 Å². The summed E-state index contributed by atoms with van der Waals surface area (Å²) in [5.74, 6) is 0. The van der Waals surface area contributed by atoms with Crippen LogP contribution in [0.15, 0.2) is 4.99 Å². The first-order valence-electron chi connectivity index (χ1n) is 3.74. The summed E-state index contributed by atoms with van der Waals surface area (Å²) in [7, 11) is 0. The Labute approximate surface area is 62.4 Å². The minimum atomic E-state index is 0.640. The molecule has 0 rings (SSSR count). The van der Waals surface area contributed by atoms with Crippen LogP contribution in [0.2, 0.25) is 0 Å². The van der Waals surface area contributed by atoms with E-state index in [1.807, 2.05) is 0 Å². The van der Waals surface area contributed by atoms with Crippen LogP contribution in [0.5, 0.6) is 0 Å². The lowest BCUT2D eigenvalue weighted by Crippen LogP contribution is -1.81. The highest BCUT2D eigenvalue weighted by Crippen LogP contribution is 2.01. The standard InChI is InChI=1S/C8H14NO/c1-2-3-4-5-6-7-9-8-10/h1-7H2. The molecule has 0 N–H and O–H groups in total. The van der Waals surface area contributed by atoms with E-state index in [1.54, 1.807) is 0 Å². The molecule has 0 saturated heterocycles. The van der Waals surface area contributed by atoms with Gasteiger partial charge in [-0.05, 0) is 6.42 Å². The van der Waals surface area contributed by atoms with Gasteiger partial charge in [0, 0.05) is 0 Å². The van der Waals surface area contributed by atoms with Crippen molar-refractivity contribution in [2.24, 2.45) is 4.99 Å². The predicted molar refractivity (Wildman–Crippen MR) is 41.4 cm³/mol. The molecule has 0 unspecified atom stereocenters. The van der Waals surface area contributed by atoms with Gasteiger partial charge < -0.3 is 0 Å². The van der Waals surface area contributed by atoms with E-state index in [9.17, 15) is 4.79 Å². The number of aliphatic imine (C=N–C) groups is 1. The van der Waals surface area contributed by atoms with Gasteiger partial charge in [-0.1, -0.05) is 32.6 Å². The Balaban J connectivity index is 2.83. The van der Waals surface area contributed by atoms with Gasteiger partial charge in [0.2, 0.25) is 6.08 Å². The fourth-order valence-corrected chi connectivity index (χ4v) is 0.767. The molecular formula is C8H14NO. The minimum Gasteiger partial charge on any atom is -0.211 e. The van der Waals surface area contributed by atoms with Crippen molar-refractivity contribution in [1.29, 1.82) is 0 Å². The zero-order chi connectivity index (χ0) is 7.66. The molecule has 0 aliphatic carbocycles. The number of hydrogen-bond acceptors (Lipinski definition) is 2. The lowest BCUT2D eigenvalue weighted by atomic mass is 10.2. The van der Waals surface area contributed by atoms with E-state index in [0.29, 0.717) is 6.54 Å². The molecule has 2 nitrogen and oxygen atoms in total. The number of nitrogens with zero attached hydrogens (tertiary/aromatic N) is 1. The number of rotatable bonds is 6. The largest absolute Gasteiger partial charge is 0.234 e. The van der Waals surface area contributed by atoms with Crippen molar-refractivity contribution in [3.8, 4) is 0 Å². The average molecular weight is 140 g/mol. The zero-order valence-electron chi connectivity index (χ0n) is 6.31. The number of isocyanates is 1. The van der Waals surface area contributed by atoms with Crippen LogP contribution in [0.25, 0.3) is 0 Å². The maximum atomic E-state index is 9.59. The van der Waals surface area contributed by atoms with Gasteiger partial charge in [0.05, 0.1) is 6.54 Å². The van der Waals surface area contributed by atoms with E-state index >= 15 is 0 Å². The summed E-state index contributed by atoms with van der Waals surface area (Å²) >= 11 is 0. The second-order valence-corrected chi connectivity index (χ2v) is 2.24. The van der Waals surface area contributed by atoms with Gasteiger partial charge in [0.25, 0.3) is 0 Å². The second-order valence-electron chi connectivity index (χ2n) is 2.24. The van der Waals surface area contributed by atoms with Crippen molar-refractivity contribution in [3.63, 3.8) is 0 Å². The summed E-state index contributed by atoms with van der Waals surface area (Å²) in [5.41, 5.74) is 0. The third kappa shape index (κ3) is 7.38. The van der Waals surface area contributed by atoms with Crippen LogP contribution in [0.1, 0.15) is 32.1 Å². The molecule has 0 aliphatic heterocycles. The van der Waals surface area contributed by atoms with E-state index in [-0.39, 0.29) is 0 Å². The minimum absolute atomic E-state index is 0.640. The lowest BCUT2D eigenvalue weighted by molar-refractivity contribution is 0.561. The summed E-state index contributed by atoms with van der Waals surface area (Å²) in [6.45, 7) is 4.37. The molecule has 0 heterocycles. The quantitative estimate of drug-likeness (QED) is 0.315. The maximum absolute atomic E-state index is 9.59. The molecule has 0 amide bonds. The van der Waals surface area contributed by atoms with Crippen LogP contribution in [-0.4, -0.2) is 12.6 Å². The summed E-state index contributed by atoms with van der Waals surface area (Å²) in [6.07, 6.45) is 7.09. The molecule has 10 heavy (non-hydrogen) atoms. The molecule has 0 spiro atoms. The molecule has 0 atom stereocenters. The Bertz CT molecular complexity index is 106. The topological polar surface area (TPSA) is 29.4 Å².